The van der Waals surface area contributed by atoms with Crippen LogP contribution in [0.15, 0.2) is 78.9 Å². The molecule has 2 amide bonds. The minimum absolute atomic E-state index is 0.0815. The van der Waals surface area contributed by atoms with E-state index < -0.39 is 15.9 Å². The molecular weight excluding hydrogens is 450 g/mol. The summed E-state index contributed by atoms with van der Waals surface area (Å²) in [4.78, 5) is 25.9. The lowest BCUT2D eigenvalue weighted by Crippen LogP contribution is -2.31. The topological polar surface area (TPSA) is 95.6 Å². The van der Waals surface area contributed by atoms with Gasteiger partial charge >= 0.3 is 0 Å². The predicted molar refractivity (Wildman–Crippen MR) is 135 cm³/mol. The zero-order valence-corrected chi connectivity index (χ0v) is 20.3. The number of anilines is 2. The van der Waals surface area contributed by atoms with E-state index in [1.807, 2.05) is 44.2 Å². The number of nitrogens with one attached hydrogen (secondary N) is 2. The molecule has 0 saturated carbocycles. The Morgan fingerprint density at radius 3 is 2.06 bits per heavy atom. The second-order valence-electron chi connectivity index (χ2n) is 8.38. The molecule has 0 saturated heterocycles. The summed E-state index contributed by atoms with van der Waals surface area (Å²) in [5.41, 5.74) is 1.90. The van der Waals surface area contributed by atoms with Crippen LogP contribution in [0.3, 0.4) is 0 Å². The summed E-state index contributed by atoms with van der Waals surface area (Å²) in [6.07, 6.45) is 1.11. The Hall–Kier alpha value is -3.65. The van der Waals surface area contributed by atoms with Crippen LogP contribution in [0.5, 0.6) is 0 Å². The van der Waals surface area contributed by atoms with Crippen LogP contribution in [0.25, 0.3) is 0 Å². The SMILES string of the molecule is CC(C)CNC(=O)c1ccccc1NC(=O)c1ccccc1N(Cc1ccccc1)S(C)(=O)=O. The highest BCUT2D eigenvalue weighted by Crippen LogP contribution is 2.27. The molecule has 178 valence electrons. The van der Waals surface area contributed by atoms with Gasteiger partial charge in [0.25, 0.3) is 11.8 Å². The number of hydrogen-bond acceptors (Lipinski definition) is 4. The van der Waals surface area contributed by atoms with Crippen LogP contribution in [-0.4, -0.2) is 33.0 Å². The number of benzene rings is 3. The van der Waals surface area contributed by atoms with E-state index in [1.54, 1.807) is 48.5 Å². The van der Waals surface area contributed by atoms with Crippen LogP contribution in [0, 0.1) is 5.92 Å². The predicted octanol–water partition coefficient (Wildman–Crippen LogP) is 4.29. The molecule has 0 fully saturated rings. The van der Waals surface area contributed by atoms with E-state index in [9.17, 15) is 18.0 Å². The molecule has 3 aromatic carbocycles. The number of sulfonamides is 1. The quantitative estimate of drug-likeness (QED) is 0.479. The van der Waals surface area contributed by atoms with Gasteiger partial charge < -0.3 is 10.6 Å². The second kappa shape index (κ2) is 11.0. The van der Waals surface area contributed by atoms with Crippen molar-refractivity contribution in [2.24, 2.45) is 5.92 Å². The fourth-order valence-electron chi connectivity index (χ4n) is 3.39. The Balaban J connectivity index is 1.93. The zero-order chi connectivity index (χ0) is 24.7. The van der Waals surface area contributed by atoms with Gasteiger partial charge in [-0.1, -0.05) is 68.4 Å². The molecule has 0 aliphatic carbocycles. The molecule has 3 rings (SSSR count). The van der Waals surface area contributed by atoms with Gasteiger partial charge in [0.15, 0.2) is 0 Å². The Morgan fingerprint density at radius 1 is 0.824 bits per heavy atom. The van der Waals surface area contributed by atoms with Gasteiger partial charge in [0.1, 0.15) is 0 Å². The summed E-state index contributed by atoms with van der Waals surface area (Å²) in [6.45, 7) is 4.58. The number of amides is 2. The number of hydrogen-bond donors (Lipinski definition) is 2. The van der Waals surface area contributed by atoms with Crippen molar-refractivity contribution >= 4 is 33.2 Å². The van der Waals surface area contributed by atoms with Crippen LogP contribution in [-0.2, 0) is 16.6 Å². The van der Waals surface area contributed by atoms with Crippen LogP contribution in [0.2, 0.25) is 0 Å². The summed E-state index contributed by atoms with van der Waals surface area (Å²) >= 11 is 0. The molecule has 0 aliphatic rings. The second-order valence-corrected chi connectivity index (χ2v) is 10.3. The Kier molecular flexibility index (Phi) is 8.07. The third-order valence-electron chi connectivity index (χ3n) is 5.08. The summed E-state index contributed by atoms with van der Waals surface area (Å²) in [7, 11) is -3.69. The molecule has 0 aliphatic heterocycles. The Labute approximate surface area is 200 Å². The summed E-state index contributed by atoms with van der Waals surface area (Å²) < 4.78 is 26.6. The summed E-state index contributed by atoms with van der Waals surface area (Å²) in [5.74, 6) is -0.523. The minimum atomic E-state index is -3.69. The molecule has 8 heteroatoms. The van der Waals surface area contributed by atoms with Gasteiger partial charge in [0.05, 0.1) is 35.3 Å². The average Bonchev–Trinajstić information content (AvgIpc) is 2.81. The molecule has 7 nitrogen and oxygen atoms in total. The molecule has 0 bridgehead atoms. The zero-order valence-electron chi connectivity index (χ0n) is 19.5. The van der Waals surface area contributed by atoms with Gasteiger partial charge in [-0.2, -0.15) is 0 Å². The smallest absolute Gasteiger partial charge is 0.257 e. The van der Waals surface area contributed by atoms with E-state index in [-0.39, 0.29) is 29.6 Å². The number of carbonyl (C=O) groups is 2. The fraction of sp³-hybridized carbons (Fsp3) is 0.231. The van der Waals surface area contributed by atoms with Crippen LogP contribution < -0.4 is 14.9 Å². The number of para-hydroxylation sites is 2. The third-order valence-corrected chi connectivity index (χ3v) is 6.20. The molecule has 3 aromatic rings. The van der Waals surface area contributed by atoms with Crippen molar-refractivity contribution in [3.8, 4) is 0 Å². The maximum Gasteiger partial charge on any atom is 0.257 e. The van der Waals surface area contributed by atoms with Gasteiger partial charge in [0.2, 0.25) is 10.0 Å². The number of rotatable bonds is 9. The normalized spacial score (nSPS) is 11.2. The minimum Gasteiger partial charge on any atom is -0.352 e. The van der Waals surface area contributed by atoms with Crippen molar-refractivity contribution in [2.75, 3.05) is 22.4 Å². The van der Waals surface area contributed by atoms with Crippen molar-refractivity contribution in [2.45, 2.75) is 20.4 Å². The lowest BCUT2D eigenvalue weighted by atomic mass is 10.1. The monoisotopic (exact) mass is 479 g/mol. The summed E-state index contributed by atoms with van der Waals surface area (Å²) in [6, 6.07) is 22.4. The largest absolute Gasteiger partial charge is 0.352 e. The maximum absolute atomic E-state index is 13.3. The molecule has 0 atom stereocenters. The van der Waals surface area contributed by atoms with Gasteiger partial charge in [-0.25, -0.2) is 8.42 Å². The molecule has 0 spiro atoms. The number of carbonyl (C=O) groups excluding carboxylic acids is 2. The molecule has 0 heterocycles. The first-order valence-corrected chi connectivity index (χ1v) is 12.8. The van der Waals surface area contributed by atoms with E-state index in [2.05, 4.69) is 10.6 Å². The van der Waals surface area contributed by atoms with E-state index in [0.717, 1.165) is 11.8 Å². The van der Waals surface area contributed by atoms with Gasteiger partial charge in [-0.05, 0) is 35.7 Å². The van der Waals surface area contributed by atoms with Crippen LogP contribution in [0.4, 0.5) is 11.4 Å². The first kappa shape index (κ1) is 25.0. The molecule has 0 radical (unpaired) electrons. The third kappa shape index (κ3) is 6.45. The standard InChI is InChI=1S/C26H29N3O4S/c1-19(2)17-27-25(30)21-13-7-9-15-23(21)28-26(31)22-14-8-10-16-24(22)29(34(3,32)33)18-20-11-5-4-6-12-20/h4-16,19H,17-18H2,1-3H3,(H,27,30)(H,28,31). The van der Waals surface area contributed by atoms with Crippen LogP contribution in [0.1, 0.15) is 40.1 Å². The van der Waals surface area contributed by atoms with Gasteiger partial charge in [-0.15, -0.1) is 0 Å². The van der Waals surface area contributed by atoms with Gasteiger partial charge in [0, 0.05) is 6.54 Å². The van der Waals surface area contributed by atoms with E-state index in [1.165, 1.54) is 4.31 Å². The maximum atomic E-state index is 13.3. The highest BCUT2D eigenvalue weighted by atomic mass is 32.2. The molecular formula is C26H29N3O4S. The van der Waals surface area contributed by atoms with Crippen molar-refractivity contribution in [1.29, 1.82) is 0 Å². The molecule has 0 unspecified atom stereocenters. The van der Waals surface area contributed by atoms with Crippen molar-refractivity contribution in [3.63, 3.8) is 0 Å². The van der Waals surface area contributed by atoms with Crippen LogP contribution >= 0.6 is 0 Å². The Morgan fingerprint density at radius 2 is 1.41 bits per heavy atom. The highest BCUT2D eigenvalue weighted by Gasteiger charge is 2.24. The molecule has 2 N–H and O–H groups in total. The van der Waals surface area contributed by atoms with Crippen molar-refractivity contribution < 1.29 is 18.0 Å². The van der Waals surface area contributed by atoms with E-state index in [0.29, 0.717) is 17.8 Å². The first-order chi connectivity index (χ1) is 16.2. The van der Waals surface area contributed by atoms with E-state index >= 15 is 0 Å². The first-order valence-electron chi connectivity index (χ1n) is 11.0. The van der Waals surface area contributed by atoms with Gasteiger partial charge in [-0.3, -0.25) is 13.9 Å². The fourth-order valence-corrected chi connectivity index (χ4v) is 4.29. The van der Waals surface area contributed by atoms with Crippen molar-refractivity contribution in [3.05, 3.63) is 95.6 Å². The average molecular weight is 480 g/mol. The molecule has 0 aromatic heterocycles. The molecule has 34 heavy (non-hydrogen) atoms. The number of nitrogens with zero attached hydrogens (tertiary/aromatic N) is 1. The van der Waals surface area contributed by atoms with Crippen molar-refractivity contribution in [1.82, 2.24) is 5.32 Å². The highest BCUT2D eigenvalue weighted by molar-refractivity contribution is 7.92. The lowest BCUT2D eigenvalue weighted by Gasteiger charge is -2.25. The Bertz CT molecular complexity index is 1260. The summed E-state index contributed by atoms with van der Waals surface area (Å²) in [5, 5.41) is 5.64. The lowest BCUT2D eigenvalue weighted by molar-refractivity contribution is 0.0950. The van der Waals surface area contributed by atoms with E-state index in [4.69, 9.17) is 0 Å².